The minimum atomic E-state index is -0.230. The lowest BCUT2D eigenvalue weighted by atomic mass is 10.1. The van der Waals surface area contributed by atoms with Gasteiger partial charge in [0.1, 0.15) is 6.61 Å². The van der Waals surface area contributed by atoms with Crippen molar-refractivity contribution in [1.82, 2.24) is 10.6 Å². The Bertz CT molecular complexity index is 1080. The Morgan fingerprint density at radius 2 is 1.40 bits per heavy atom. The van der Waals surface area contributed by atoms with Crippen LogP contribution in [-0.4, -0.2) is 47.4 Å². The molecule has 0 spiro atoms. The van der Waals surface area contributed by atoms with Gasteiger partial charge in [0, 0.05) is 25.2 Å². The molecule has 0 aliphatic carbocycles. The average molecular weight is 481 g/mol. The van der Waals surface area contributed by atoms with Crippen molar-refractivity contribution in [3.8, 4) is 28.7 Å². The Labute approximate surface area is 206 Å². The number of rotatable bonds is 13. The van der Waals surface area contributed by atoms with Gasteiger partial charge in [0.15, 0.2) is 23.0 Å². The van der Waals surface area contributed by atoms with Crippen molar-refractivity contribution in [2.45, 2.75) is 13.2 Å². The van der Waals surface area contributed by atoms with E-state index in [0.717, 1.165) is 11.1 Å². The summed E-state index contributed by atoms with van der Waals surface area (Å²) >= 11 is 0. The standard InChI is InChI=1S/C27H32N2O6/c1-31-22-11-10-20(14-23(22)35-18-19-8-6-5-7-9-19)17-28-12-13-29-27(30)21-15-24(32-2)26(34-4)25(16-21)33-3/h5-11,14-16,28H,12-13,17-18H2,1-4H3,(H,29,30). The van der Waals surface area contributed by atoms with Gasteiger partial charge in [-0.1, -0.05) is 36.4 Å². The maximum atomic E-state index is 12.6. The third kappa shape index (κ3) is 7.04. The molecule has 0 heterocycles. The van der Waals surface area contributed by atoms with E-state index in [1.54, 1.807) is 19.2 Å². The van der Waals surface area contributed by atoms with Crippen molar-refractivity contribution < 1.29 is 28.5 Å². The van der Waals surface area contributed by atoms with E-state index in [2.05, 4.69) is 10.6 Å². The lowest BCUT2D eigenvalue weighted by Crippen LogP contribution is -2.31. The summed E-state index contributed by atoms with van der Waals surface area (Å²) in [5.41, 5.74) is 2.56. The summed E-state index contributed by atoms with van der Waals surface area (Å²) in [6.45, 7) is 2.11. The van der Waals surface area contributed by atoms with Crippen LogP contribution in [0.3, 0.4) is 0 Å². The highest BCUT2D eigenvalue weighted by molar-refractivity contribution is 5.95. The highest BCUT2D eigenvalue weighted by atomic mass is 16.5. The third-order valence-electron chi connectivity index (χ3n) is 5.31. The van der Waals surface area contributed by atoms with Gasteiger partial charge in [-0.2, -0.15) is 0 Å². The zero-order valence-electron chi connectivity index (χ0n) is 20.6. The highest BCUT2D eigenvalue weighted by Gasteiger charge is 2.16. The van der Waals surface area contributed by atoms with Gasteiger partial charge >= 0.3 is 0 Å². The molecule has 3 aromatic rings. The van der Waals surface area contributed by atoms with Crippen LogP contribution in [0.2, 0.25) is 0 Å². The van der Waals surface area contributed by atoms with Crippen LogP contribution in [0.15, 0.2) is 60.7 Å². The largest absolute Gasteiger partial charge is 0.493 e. The van der Waals surface area contributed by atoms with Gasteiger partial charge in [0.2, 0.25) is 5.75 Å². The zero-order chi connectivity index (χ0) is 25.0. The number of hydrogen-bond acceptors (Lipinski definition) is 7. The molecule has 8 nitrogen and oxygen atoms in total. The Hall–Kier alpha value is -3.91. The molecular weight excluding hydrogens is 448 g/mol. The molecule has 35 heavy (non-hydrogen) atoms. The molecule has 0 aliphatic rings. The summed E-state index contributed by atoms with van der Waals surface area (Å²) in [5.74, 6) is 2.44. The Balaban J connectivity index is 1.50. The summed E-state index contributed by atoms with van der Waals surface area (Å²) < 4.78 is 27.3. The van der Waals surface area contributed by atoms with E-state index in [9.17, 15) is 4.79 Å². The van der Waals surface area contributed by atoms with Crippen LogP contribution in [0, 0.1) is 0 Å². The average Bonchev–Trinajstić information content (AvgIpc) is 2.91. The monoisotopic (exact) mass is 480 g/mol. The van der Waals surface area contributed by atoms with Gasteiger partial charge in [-0.15, -0.1) is 0 Å². The van der Waals surface area contributed by atoms with Crippen LogP contribution in [0.25, 0.3) is 0 Å². The number of hydrogen-bond donors (Lipinski definition) is 2. The summed E-state index contributed by atoms with van der Waals surface area (Å²) in [5, 5.41) is 6.23. The van der Waals surface area contributed by atoms with E-state index >= 15 is 0 Å². The fourth-order valence-corrected chi connectivity index (χ4v) is 3.49. The molecule has 0 aliphatic heterocycles. The predicted molar refractivity (Wildman–Crippen MR) is 134 cm³/mol. The van der Waals surface area contributed by atoms with Crippen molar-refractivity contribution in [3.63, 3.8) is 0 Å². The molecule has 0 radical (unpaired) electrons. The summed E-state index contributed by atoms with van der Waals surface area (Å²) in [6.07, 6.45) is 0. The van der Waals surface area contributed by atoms with Crippen molar-refractivity contribution in [2.75, 3.05) is 41.5 Å². The van der Waals surface area contributed by atoms with E-state index in [1.807, 2.05) is 48.5 Å². The molecule has 3 aromatic carbocycles. The van der Waals surface area contributed by atoms with Crippen LogP contribution >= 0.6 is 0 Å². The van der Waals surface area contributed by atoms with Crippen LogP contribution < -0.4 is 34.3 Å². The molecule has 0 bridgehead atoms. The van der Waals surface area contributed by atoms with Gasteiger partial charge in [0.05, 0.1) is 28.4 Å². The highest BCUT2D eigenvalue weighted by Crippen LogP contribution is 2.38. The Morgan fingerprint density at radius 3 is 2.03 bits per heavy atom. The molecule has 1 amide bonds. The summed E-state index contributed by atoms with van der Waals surface area (Å²) in [6, 6.07) is 19.1. The predicted octanol–water partition coefficient (Wildman–Crippen LogP) is 3.82. The molecule has 0 fully saturated rings. The number of carbonyl (C=O) groups excluding carboxylic acids is 1. The number of nitrogens with one attached hydrogen (secondary N) is 2. The third-order valence-corrected chi connectivity index (χ3v) is 5.31. The van der Waals surface area contributed by atoms with E-state index in [0.29, 0.717) is 60.6 Å². The topological polar surface area (TPSA) is 87.3 Å². The number of benzene rings is 3. The fraction of sp³-hybridized carbons (Fsp3) is 0.296. The second kappa shape index (κ2) is 13.1. The molecule has 0 saturated carbocycles. The van der Waals surface area contributed by atoms with Crippen molar-refractivity contribution in [3.05, 3.63) is 77.4 Å². The van der Waals surface area contributed by atoms with E-state index in [1.165, 1.54) is 21.3 Å². The van der Waals surface area contributed by atoms with Crippen molar-refractivity contribution in [1.29, 1.82) is 0 Å². The quantitative estimate of drug-likeness (QED) is 0.360. The van der Waals surface area contributed by atoms with E-state index in [4.69, 9.17) is 23.7 Å². The first-order valence-corrected chi connectivity index (χ1v) is 11.2. The number of ether oxygens (including phenoxy) is 5. The molecule has 0 atom stereocenters. The maximum absolute atomic E-state index is 12.6. The number of methoxy groups -OCH3 is 4. The number of amides is 1. The van der Waals surface area contributed by atoms with Gasteiger partial charge in [-0.3, -0.25) is 4.79 Å². The van der Waals surface area contributed by atoms with Gasteiger partial charge < -0.3 is 34.3 Å². The smallest absolute Gasteiger partial charge is 0.251 e. The van der Waals surface area contributed by atoms with Crippen LogP contribution in [-0.2, 0) is 13.2 Å². The molecule has 0 unspecified atom stereocenters. The first-order valence-electron chi connectivity index (χ1n) is 11.2. The molecule has 2 N–H and O–H groups in total. The second-order valence-corrected chi connectivity index (χ2v) is 7.61. The minimum Gasteiger partial charge on any atom is -0.493 e. The Morgan fingerprint density at radius 1 is 0.714 bits per heavy atom. The minimum absolute atomic E-state index is 0.230. The molecule has 0 saturated heterocycles. The van der Waals surface area contributed by atoms with Gasteiger partial charge in [-0.05, 0) is 35.4 Å². The Kier molecular flexibility index (Phi) is 9.62. The molecule has 0 aromatic heterocycles. The lowest BCUT2D eigenvalue weighted by molar-refractivity contribution is 0.0953. The molecule has 8 heteroatoms. The first kappa shape index (κ1) is 25.7. The zero-order valence-corrected chi connectivity index (χ0v) is 20.6. The maximum Gasteiger partial charge on any atom is 0.251 e. The number of carbonyl (C=O) groups is 1. The lowest BCUT2D eigenvalue weighted by Gasteiger charge is -2.14. The van der Waals surface area contributed by atoms with Crippen LogP contribution in [0.4, 0.5) is 0 Å². The van der Waals surface area contributed by atoms with E-state index < -0.39 is 0 Å². The molecular formula is C27H32N2O6. The molecule has 186 valence electrons. The summed E-state index contributed by atoms with van der Waals surface area (Å²) in [4.78, 5) is 12.6. The van der Waals surface area contributed by atoms with Crippen molar-refractivity contribution >= 4 is 5.91 Å². The summed E-state index contributed by atoms with van der Waals surface area (Å²) in [7, 11) is 6.17. The molecule has 3 rings (SSSR count). The normalized spacial score (nSPS) is 10.4. The van der Waals surface area contributed by atoms with Crippen molar-refractivity contribution in [2.24, 2.45) is 0 Å². The van der Waals surface area contributed by atoms with E-state index in [-0.39, 0.29) is 5.91 Å². The van der Waals surface area contributed by atoms with Crippen LogP contribution in [0.5, 0.6) is 28.7 Å². The fourth-order valence-electron chi connectivity index (χ4n) is 3.49. The van der Waals surface area contributed by atoms with Gasteiger partial charge in [0.25, 0.3) is 5.91 Å². The first-order chi connectivity index (χ1) is 17.1. The second-order valence-electron chi connectivity index (χ2n) is 7.61. The van der Waals surface area contributed by atoms with Gasteiger partial charge in [-0.25, -0.2) is 0 Å². The SMILES string of the molecule is COc1ccc(CNCCNC(=O)c2cc(OC)c(OC)c(OC)c2)cc1OCc1ccccc1. The van der Waals surface area contributed by atoms with Crippen LogP contribution in [0.1, 0.15) is 21.5 Å².